The summed E-state index contributed by atoms with van der Waals surface area (Å²) in [6.07, 6.45) is -4.53. The highest BCUT2D eigenvalue weighted by Crippen LogP contribution is 2.30. The van der Waals surface area contributed by atoms with Crippen molar-refractivity contribution < 1.29 is 22.7 Å². The third-order valence-electron chi connectivity index (χ3n) is 2.26. The Hall–Kier alpha value is -1.74. The number of carbonyl (C=O) groups is 1. The van der Waals surface area contributed by atoms with Gasteiger partial charge in [-0.2, -0.15) is 13.2 Å². The van der Waals surface area contributed by atoms with E-state index in [4.69, 9.17) is 0 Å². The van der Waals surface area contributed by atoms with Gasteiger partial charge in [0.1, 0.15) is 8.07 Å². The maximum atomic E-state index is 12.8. The molecule has 0 radical (unpaired) electrons. The molecule has 0 N–H and O–H groups in total. The Morgan fingerprint density at radius 3 is 2.25 bits per heavy atom. The molecule has 20 heavy (non-hydrogen) atoms. The third-order valence-corrected chi connectivity index (χ3v) is 3.14. The number of rotatable bonds is 1. The molecule has 0 atom stereocenters. The van der Waals surface area contributed by atoms with E-state index in [0.29, 0.717) is 0 Å². The predicted molar refractivity (Wildman–Crippen MR) is 73.0 cm³/mol. The molecule has 0 aliphatic heterocycles. The molecule has 0 bridgehead atoms. The minimum atomic E-state index is -4.53. The number of hydrogen-bond acceptors (Lipinski definition) is 2. The van der Waals surface area contributed by atoms with Crippen molar-refractivity contribution in [1.82, 2.24) is 0 Å². The maximum Gasteiger partial charge on any atom is 0.416 e. The molecule has 6 heteroatoms. The molecular weight excluding hydrogens is 285 g/mol. The van der Waals surface area contributed by atoms with E-state index in [1.54, 1.807) is 0 Å². The molecule has 1 aromatic carbocycles. The van der Waals surface area contributed by atoms with Gasteiger partial charge in [0, 0.05) is 5.56 Å². The number of hydrogen-bond donors (Lipinski definition) is 0. The fourth-order valence-electron chi connectivity index (χ4n) is 1.36. The van der Waals surface area contributed by atoms with Crippen LogP contribution in [0.2, 0.25) is 19.6 Å². The van der Waals surface area contributed by atoms with Crippen LogP contribution >= 0.6 is 0 Å². The minimum absolute atomic E-state index is 0.151. The quantitative estimate of drug-likeness (QED) is 0.449. The van der Waals surface area contributed by atoms with Gasteiger partial charge in [-0.05, 0) is 18.2 Å². The zero-order valence-electron chi connectivity index (χ0n) is 11.7. The highest BCUT2D eigenvalue weighted by Gasteiger charge is 2.31. The Balaban J connectivity index is 3.37. The lowest BCUT2D eigenvalue weighted by atomic mass is 10.1. The van der Waals surface area contributed by atoms with E-state index < -0.39 is 25.8 Å². The number of benzene rings is 1. The number of methoxy groups -OCH3 is 1. The fourth-order valence-corrected chi connectivity index (χ4v) is 1.88. The van der Waals surface area contributed by atoms with E-state index in [2.05, 4.69) is 16.2 Å². The molecule has 0 heterocycles. The van der Waals surface area contributed by atoms with Gasteiger partial charge in [0.2, 0.25) is 0 Å². The molecule has 108 valence electrons. The van der Waals surface area contributed by atoms with Gasteiger partial charge in [-0.1, -0.05) is 25.6 Å². The van der Waals surface area contributed by atoms with Crippen molar-refractivity contribution in [2.75, 3.05) is 7.11 Å². The molecule has 0 amide bonds. The summed E-state index contributed by atoms with van der Waals surface area (Å²) >= 11 is 0. The first-order valence-electron chi connectivity index (χ1n) is 5.87. The Bertz CT molecular complexity index is 575. The summed E-state index contributed by atoms with van der Waals surface area (Å²) in [4.78, 5) is 11.4. The average molecular weight is 300 g/mol. The van der Waals surface area contributed by atoms with Gasteiger partial charge in [-0.25, -0.2) is 4.79 Å². The second kappa shape index (κ2) is 5.71. The van der Waals surface area contributed by atoms with E-state index in [1.807, 2.05) is 19.6 Å². The van der Waals surface area contributed by atoms with Crippen LogP contribution in [0, 0.1) is 11.5 Å². The van der Waals surface area contributed by atoms with Crippen molar-refractivity contribution in [2.24, 2.45) is 0 Å². The lowest BCUT2D eigenvalue weighted by Crippen LogP contribution is -2.16. The topological polar surface area (TPSA) is 26.3 Å². The van der Waals surface area contributed by atoms with Crippen LogP contribution in [0.3, 0.4) is 0 Å². The van der Waals surface area contributed by atoms with Crippen LogP contribution in [0.25, 0.3) is 0 Å². The number of esters is 1. The number of alkyl halides is 3. The summed E-state index contributed by atoms with van der Waals surface area (Å²) in [7, 11) is -0.594. The van der Waals surface area contributed by atoms with Crippen molar-refractivity contribution in [1.29, 1.82) is 0 Å². The molecule has 0 spiro atoms. The number of carbonyl (C=O) groups excluding carboxylic acids is 1. The lowest BCUT2D eigenvalue weighted by molar-refractivity contribution is -0.137. The van der Waals surface area contributed by atoms with Crippen LogP contribution in [0.5, 0.6) is 0 Å². The highest BCUT2D eigenvalue weighted by atomic mass is 28.3. The van der Waals surface area contributed by atoms with Crippen molar-refractivity contribution >= 4 is 14.0 Å². The molecule has 0 saturated carbocycles. The van der Waals surface area contributed by atoms with Crippen molar-refractivity contribution in [3.8, 4) is 11.5 Å². The zero-order chi connectivity index (χ0) is 15.6. The van der Waals surface area contributed by atoms with Gasteiger partial charge in [-0.15, -0.1) is 5.54 Å². The van der Waals surface area contributed by atoms with E-state index in [0.717, 1.165) is 19.2 Å². The molecule has 1 aromatic rings. The zero-order valence-corrected chi connectivity index (χ0v) is 12.7. The fraction of sp³-hybridized carbons (Fsp3) is 0.357. The summed E-state index contributed by atoms with van der Waals surface area (Å²) in [5.74, 6) is 1.91. The standard InChI is InChI=1S/C14H15F3O2Si/c1-19-13(18)11-7-10(5-6-20(2,3)4)8-12(9-11)14(15,16)17/h7-9H,1-4H3. The smallest absolute Gasteiger partial charge is 0.416 e. The Labute approximate surface area is 117 Å². The second-order valence-corrected chi connectivity index (χ2v) is 10.0. The normalized spacial score (nSPS) is 11.6. The summed E-state index contributed by atoms with van der Waals surface area (Å²) in [6, 6.07) is 3.03. The molecule has 0 aliphatic rings. The van der Waals surface area contributed by atoms with Crippen LogP contribution in [0.4, 0.5) is 13.2 Å². The molecule has 0 fully saturated rings. The van der Waals surface area contributed by atoms with Crippen molar-refractivity contribution in [3.63, 3.8) is 0 Å². The van der Waals surface area contributed by atoms with E-state index in [1.165, 1.54) is 6.07 Å². The van der Waals surface area contributed by atoms with Crippen molar-refractivity contribution in [2.45, 2.75) is 25.8 Å². The highest BCUT2D eigenvalue weighted by molar-refractivity contribution is 6.83. The van der Waals surface area contributed by atoms with Gasteiger partial charge in [0.05, 0.1) is 18.2 Å². The summed E-state index contributed by atoms with van der Waals surface area (Å²) in [5, 5.41) is 0. The number of halogens is 3. The maximum absolute atomic E-state index is 12.8. The SMILES string of the molecule is COC(=O)c1cc(C#C[Si](C)(C)C)cc(C(F)(F)F)c1. The average Bonchev–Trinajstić information content (AvgIpc) is 2.33. The molecule has 0 aromatic heterocycles. The number of ether oxygens (including phenoxy) is 1. The minimum Gasteiger partial charge on any atom is -0.465 e. The van der Waals surface area contributed by atoms with Gasteiger partial charge in [0.15, 0.2) is 0 Å². The Morgan fingerprint density at radius 1 is 1.20 bits per heavy atom. The first-order chi connectivity index (χ1) is 9.03. The van der Waals surface area contributed by atoms with E-state index in [9.17, 15) is 18.0 Å². The Kier molecular flexibility index (Phi) is 4.66. The molecule has 2 nitrogen and oxygen atoms in total. The molecule has 0 aliphatic carbocycles. The van der Waals surface area contributed by atoms with Gasteiger partial charge < -0.3 is 4.74 Å². The predicted octanol–water partition coefficient (Wildman–Crippen LogP) is 3.72. The van der Waals surface area contributed by atoms with E-state index >= 15 is 0 Å². The summed E-state index contributed by atoms with van der Waals surface area (Å²) in [6.45, 7) is 5.94. The molecular formula is C14H15F3O2Si. The van der Waals surface area contributed by atoms with Gasteiger partial charge in [-0.3, -0.25) is 0 Å². The third kappa shape index (κ3) is 4.74. The van der Waals surface area contributed by atoms with Crippen LogP contribution in [0.15, 0.2) is 18.2 Å². The largest absolute Gasteiger partial charge is 0.465 e. The lowest BCUT2D eigenvalue weighted by Gasteiger charge is -2.09. The van der Waals surface area contributed by atoms with Gasteiger partial charge in [0.25, 0.3) is 0 Å². The Morgan fingerprint density at radius 2 is 1.80 bits per heavy atom. The van der Waals surface area contributed by atoms with Crippen LogP contribution < -0.4 is 0 Å². The van der Waals surface area contributed by atoms with Gasteiger partial charge >= 0.3 is 12.1 Å². The summed E-state index contributed by atoms with van der Waals surface area (Å²) in [5.41, 5.74) is 2.09. The van der Waals surface area contributed by atoms with Crippen LogP contribution in [0.1, 0.15) is 21.5 Å². The van der Waals surface area contributed by atoms with Crippen LogP contribution in [-0.4, -0.2) is 21.2 Å². The molecule has 0 unspecified atom stereocenters. The van der Waals surface area contributed by atoms with E-state index in [-0.39, 0.29) is 11.1 Å². The molecule has 1 rings (SSSR count). The first kappa shape index (κ1) is 16.3. The van der Waals surface area contributed by atoms with Crippen molar-refractivity contribution in [3.05, 3.63) is 34.9 Å². The monoisotopic (exact) mass is 300 g/mol. The summed E-state index contributed by atoms with van der Waals surface area (Å²) < 4.78 is 42.9. The molecule has 0 saturated heterocycles. The van der Waals surface area contributed by atoms with Crippen LogP contribution in [-0.2, 0) is 10.9 Å². The first-order valence-corrected chi connectivity index (χ1v) is 9.37. The second-order valence-electron chi connectivity index (χ2n) is 5.29.